The number of nitrogens with zero attached hydrogens (tertiary/aromatic N) is 2. The molecule has 1 saturated heterocycles. The summed E-state index contributed by atoms with van der Waals surface area (Å²) in [6.07, 6.45) is 0.332. The second-order valence-electron chi connectivity index (χ2n) is 6.10. The van der Waals surface area contributed by atoms with Crippen molar-refractivity contribution in [3.05, 3.63) is 22.1 Å². The number of amides is 3. The van der Waals surface area contributed by atoms with Crippen LogP contribution in [0.1, 0.15) is 26.0 Å². The zero-order valence-corrected chi connectivity index (χ0v) is 14.2. The summed E-state index contributed by atoms with van der Waals surface area (Å²) in [4.78, 5) is 43.4. The molecule has 2 heterocycles. The van der Waals surface area contributed by atoms with Gasteiger partial charge >= 0.3 is 6.03 Å². The van der Waals surface area contributed by atoms with E-state index in [9.17, 15) is 14.4 Å². The first kappa shape index (κ1) is 17.8. The van der Waals surface area contributed by atoms with Crippen molar-refractivity contribution in [1.29, 1.82) is 0 Å². The van der Waals surface area contributed by atoms with E-state index in [1.165, 1.54) is 6.07 Å². The summed E-state index contributed by atoms with van der Waals surface area (Å²) in [5.74, 6) is 0.433. The van der Waals surface area contributed by atoms with Gasteiger partial charge < -0.3 is 20.9 Å². The molecular weight excluding hydrogens is 312 g/mol. The van der Waals surface area contributed by atoms with Crippen molar-refractivity contribution in [2.24, 2.45) is 0 Å². The van der Waals surface area contributed by atoms with Crippen molar-refractivity contribution in [3.63, 3.8) is 0 Å². The number of carbonyl (C=O) groups is 2. The molecule has 0 radical (unpaired) electrons. The molecule has 0 spiro atoms. The lowest BCUT2D eigenvalue weighted by Gasteiger charge is -2.21. The molecular formula is C15H24N6O3. The highest BCUT2D eigenvalue weighted by atomic mass is 16.2. The second kappa shape index (κ2) is 7.80. The number of urea groups is 1. The van der Waals surface area contributed by atoms with Crippen molar-refractivity contribution >= 4 is 17.9 Å². The number of aromatic amines is 1. The fourth-order valence-electron chi connectivity index (χ4n) is 2.58. The van der Waals surface area contributed by atoms with Gasteiger partial charge in [-0.15, -0.1) is 0 Å². The number of rotatable bonds is 6. The highest BCUT2D eigenvalue weighted by molar-refractivity contribution is 5.81. The van der Waals surface area contributed by atoms with E-state index < -0.39 is 0 Å². The summed E-state index contributed by atoms with van der Waals surface area (Å²) in [6, 6.07) is 1.06. The van der Waals surface area contributed by atoms with Crippen LogP contribution in [0.3, 0.4) is 0 Å². The number of likely N-dealkylation sites (tertiary alicyclic amines) is 1. The van der Waals surface area contributed by atoms with Crippen molar-refractivity contribution in [3.8, 4) is 0 Å². The van der Waals surface area contributed by atoms with Gasteiger partial charge in [-0.05, 0) is 20.8 Å². The predicted molar refractivity (Wildman–Crippen MR) is 89.9 cm³/mol. The third kappa shape index (κ3) is 4.97. The molecule has 2 rings (SSSR count). The topological polar surface area (TPSA) is 119 Å². The molecule has 4 N–H and O–H groups in total. The van der Waals surface area contributed by atoms with Crippen molar-refractivity contribution in [2.75, 3.05) is 25.0 Å². The molecule has 0 aromatic carbocycles. The van der Waals surface area contributed by atoms with Crippen LogP contribution in [-0.4, -0.2) is 58.5 Å². The minimum atomic E-state index is -0.314. The van der Waals surface area contributed by atoms with Gasteiger partial charge in [0.1, 0.15) is 0 Å². The summed E-state index contributed by atoms with van der Waals surface area (Å²) >= 11 is 0. The molecule has 1 aromatic rings. The number of H-pyrrole nitrogens is 1. The molecule has 0 aliphatic carbocycles. The average Bonchev–Trinajstić information content (AvgIpc) is 2.83. The first-order valence-electron chi connectivity index (χ1n) is 8.01. The van der Waals surface area contributed by atoms with E-state index in [2.05, 4.69) is 25.9 Å². The summed E-state index contributed by atoms with van der Waals surface area (Å²) < 4.78 is 0. The third-order valence-corrected chi connectivity index (χ3v) is 3.69. The number of nitrogens with one attached hydrogen (secondary N) is 4. The summed E-state index contributed by atoms with van der Waals surface area (Å²) in [5.41, 5.74) is 0.392. The molecule has 9 heteroatoms. The molecule has 0 saturated carbocycles. The van der Waals surface area contributed by atoms with Gasteiger partial charge in [-0.1, -0.05) is 0 Å². The Morgan fingerprint density at radius 3 is 2.79 bits per heavy atom. The maximum absolute atomic E-state index is 11.8. The quantitative estimate of drug-likeness (QED) is 0.536. The molecule has 1 atom stereocenters. The van der Waals surface area contributed by atoms with E-state index >= 15 is 0 Å². The summed E-state index contributed by atoms with van der Waals surface area (Å²) in [5, 5.41) is 8.44. The molecule has 0 unspecified atom stereocenters. The van der Waals surface area contributed by atoms with Crippen LogP contribution in [0.4, 0.5) is 10.7 Å². The predicted octanol–water partition coefficient (Wildman–Crippen LogP) is -0.201. The minimum absolute atomic E-state index is 0.0615. The Hall–Kier alpha value is -2.58. The van der Waals surface area contributed by atoms with Crippen LogP contribution in [0, 0.1) is 6.92 Å². The van der Waals surface area contributed by atoms with Gasteiger partial charge in [-0.2, -0.15) is 0 Å². The molecule has 3 amide bonds. The second-order valence-corrected chi connectivity index (χ2v) is 6.10. The van der Waals surface area contributed by atoms with E-state index in [0.29, 0.717) is 37.7 Å². The highest BCUT2D eigenvalue weighted by Crippen LogP contribution is 2.13. The zero-order chi connectivity index (χ0) is 17.7. The lowest BCUT2D eigenvalue weighted by Crippen LogP contribution is -2.45. The third-order valence-electron chi connectivity index (χ3n) is 3.69. The van der Waals surface area contributed by atoms with Crippen LogP contribution in [0.5, 0.6) is 0 Å². The fourth-order valence-corrected chi connectivity index (χ4v) is 2.58. The Bertz CT molecular complexity index is 657. The number of aryl methyl sites for hydroxylation is 1. The number of anilines is 1. The van der Waals surface area contributed by atoms with Crippen molar-refractivity contribution in [1.82, 2.24) is 25.5 Å². The first-order chi connectivity index (χ1) is 11.3. The fraction of sp³-hybridized carbons (Fsp3) is 0.600. The van der Waals surface area contributed by atoms with E-state index in [1.54, 1.807) is 11.8 Å². The van der Waals surface area contributed by atoms with Gasteiger partial charge in [-0.3, -0.25) is 14.6 Å². The molecule has 9 nitrogen and oxygen atoms in total. The monoisotopic (exact) mass is 336 g/mol. The van der Waals surface area contributed by atoms with Crippen LogP contribution in [0.2, 0.25) is 0 Å². The van der Waals surface area contributed by atoms with Gasteiger partial charge in [-0.25, -0.2) is 9.78 Å². The molecule has 0 bridgehead atoms. The number of aromatic nitrogens is 2. The Kier molecular flexibility index (Phi) is 5.78. The lowest BCUT2D eigenvalue weighted by molar-refractivity contribution is -0.129. The van der Waals surface area contributed by atoms with Gasteiger partial charge in [0.25, 0.3) is 5.56 Å². The average molecular weight is 336 g/mol. The van der Waals surface area contributed by atoms with Crippen LogP contribution < -0.4 is 21.5 Å². The highest BCUT2D eigenvalue weighted by Gasteiger charge is 2.31. The number of hydrogen-bond donors (Lipinski definition) is 4. The van der Waals surface area contributed by atoms with Crippen LogP contribution in [0.15, 0.2) is 10.9 Å². The minimum Gasteiger partial charge on any atom is -0.354 e. The SMILES string of the molecule is Cc1cc(=O)[nH]c(NCCNC(=O)N[C@H]2CC(=O)N(C(C)C)C2)n1. The Balaban J connectivity index is 1.68. The molecule has 24 heavy (non-hydrogen) atoms. The van der Waals surface area contributed by atoms with E-state index in [4.69, 9.17) is 0 Å². The summed E-state index contributed by atoms with van der Waals surface area (Å²) in [7, 11) is 0. The van der Waals surface area contributed by atoms with Crippen molar-refractivity contribution in [2.45, 2.75) is 39.3 Å². The van der Waals surface area contributed by atoms with E-state index in [0.717, 1.165) is 0 Å². The Labute approximate surface area is 140 Å². The molecule has 132 valence electrons. The standard InChI is InChI=1S/C15H24N6O3/c1-9(2)21-8-11(7-13(21)23)19-15(24)17-5-4-16-14-18-10(3)6-12(22)20-14/h6,9,11H,4-5,7-8H2,1-3H3,(H2,17,19,24)(H2,16,18,20,22)/t11-/m0/s1. The van der Waals surface area contributed by atoms with Crippen molar-refractivity contribution < 1.29 is 9.59 Å². The Morgan fingerprint density at radius 2 is 2.17 bits per heavy atom. The lowest BCUT2D eigenvalue weighted by atomic mass is 10.2. The maximum atomic E-state index is 11.8. The smallest absolute Gasteiger partial charge is 0.315 e. The van der Waals surface area contributed by atoms with Crippen LogP contribution in [0.25, 0.3) is 0 Å². The molecule has 1 fully saturated rings. The molecule has 1 aromatic heterocycles. The zero-order valence-electron chi connectivity index (χ0n) is 14.2. The van der Waals surface area contributed by atoms with Gasteiger partial charge in [0, 0.05) is 43.9 Å². The van der Waals surface area contributed by atoms with Gasteiger partial charge in [0.15, 0.2) is 0 Å². The Morgan fingerprint density at radius 1 is 1.42 bits per heavy atom. The normalized spacial score (nSPS) is 17.2. The molecule has 1 aliphatic rings. The van der Waals surface area contributed by atoms with Crippen LogP contribution >= 0.6 is 0 Å². The van der Waals surface area contributed by atoms with Gasteiger partial charge in [0.05, 0.1) is 6.04 Å². The van der Waals surface area contributed by atoms with E-state index in [-0.39, 0.29) is 29.6 Å². The summed E-state index contributed by atoms with van der Waals surface area (Å²) in [6.45, 7) is 6.96. The first-order valence-corrected chi connectivity index (χ1v) is 8.01. The largest absolute Gasteiger partial charge is 0.354 e. The van der Waals surface area contributed by atoms with Crippen LogP contribution in [-0.2, 0) is 4.79 Å². The molecule has 1 aliphatic heterocycles. The van der Waals surface area contributed by atoms with E-state index in [1.807, 2.05) is 13.8 Å². The van der Waals surface area contributed by atoms with Gasteiger partial charge in [0.2, 0.25) is 11.9 Å². The number of hydrogen-bond acceptors (Lipinski definition) is 5. The number of carbonyl (C=O) groups excluding carboxylic acids is 2. The maximum Gasteiger partial charge on any atom is 0.315 e.